The lowest BCUT2D eigenvalue weighted by atomic mass is 10.0. The molecular weight excluding hydrogens is 446 g/mol. The molecule has 0 amide bonds. The van der Waals surface area contributed by atoms with Gasteiger partial charge in [-0.05, 0) is 35.2 Å². The summed E-state index contributed by atoms with van der Waals surface area (Å²) in [5.74, 6) is 0.761. The largest absolute Gasteiger partial charge is 0.490 e. The Morgan fingerprint density at radius 2 is 1.68 bits per heavy atom. The molecule has 7 heteroatoms. The number of fused-ring (bicyclic) bond motifs is 1. The molecule has 0 saturated heterocycles. The van der Waals surface area contributed by atoms with Crippen LogP contribution < -0.4 is 10.3 Å². The molecule has 0 saturated carbocycles. The third kappa shape index (κ3) is 4.48. The maximum absolute atomic E-state index is 12.0. The molecule has 0 fully saturated rings. The van der Waals surface area contributed by atoms with Gasteiger partial charge in [-0.1, -0.05) is 42.5 Å². The first kappa shape index (κ1) is 22.0. The summed E-state index contributed by atoms with van der Waals surface area (Å²) in [6, 6.07) is 23.3. The Hall–Kier alpha value is -3.81. The average molecular weight is 470 g/mol. The van der Waals surface area contributed by atoms with Crippen molar-refractivity contribution in [1.29, 1.82) is 0 Å². The Kier molecular flexibility index (Phi) is 6.46. The zero-order chi connectivity index (χ0) is 23.3. The van der Waals surface area contributed by atoms with E-state index in [1.165, 1.54) is 0 Å². The number of benzene rings is 2. The second kappa shape index (κ2) is 9.99. The van der Waals surface area contributed by atoms with Crippen molar-refractivity contribution < 1.29 is 9.47 Å². The van der Waals surface area contributed by atoms with Gasteiger partial charge in [0.2, 0.25) is 0 Å². The summed E-state index contributed by atoms with van der Waals surface area (Å²) in [7, 11) is 1.66. The maximum Gasteiger partial charge on any atom is 0.250 e. The van der Waals surface area contributed by atoms with Gasteiger partial charge in [0.15, 0.2) is 0 Å². The number of ether oxygens (including phenoxy) is 2. The third-order valence-electron chi connectivity index (χ3n) is 5.55. The van der Waals surface area contributed by atoms with Crippen LogP contribution in [0.25, 0.3) is 32.6 Å². The predicted octanol–water partition coefficient (Wildman–Crippen LogP) is 5.26. The van der Waals surface area contributed by atoms with E-state index in [1.54, 1.807) is 41.3 Å². The van der Waals surface area contributed by atoms with Crippen molar-refractivity contribution in [2.45, 2.75) is 6.54 Å². The van der Waals surface area contributed by atoms with Crippen LogP contribution >= 0.6 is 11.3 Å². The van der Waals surface area contributed by atoms with Gasteiger partial charge in [0.05, 0.1) is 17.9 Å². The third-order valence-corrected chi connectivity index (χ3v) is 6.47. The first-order valence-electron chi connectivity index (χ1n) is 10.9. The lowest BCUT2D eigenvalue weighted by Crippen LogP contribution is -2.18. The number of rotatable bonds is 8. The fraction of sp³-hybridized carbons (Fsp3) is 0.148. The highest BCUT2D eigenvalue weighted by Gasteiger charge is 2.17. The Morgan fingerprint density at radius 3 is 2.50 bits per heavy atom. The minimum absolute atomic E-state index is 0.0144. The summed E-state index contributed by atoms with van der Waals surface area (Å²) in [6.45, 7) is 1.51. The van der Waals surface area contributed by atoms with Crippen molar-refractivity contribution >= 4 is 21.4 Å². The van der Waals surface area contributed by atoms with E-state index >= 15 is 0 Å². The highest BCUT2D eigenvalue weighted by molar-refractivity contribution is 7.17. The molecule has 34 heavy (non-hydrogen) atoms. The van der Waals surface area contributed by atoms with Crippen LogP contribution in [0.15, 0.2) is 89.2 Å². The fourth-order valence-corrected chi connectivity index (χ4v) is 4.74. The van der Waals surface area contributed by atoms with Crippen LogP contribution in [0.5, 0.6) is 5.75 Å². The zero-order valence-corrected chi connectivity index (χ0v) is 19.5. The van der Waals surface area contributed by atoms with Crippen LogP contribution in [0.1, 0.15) is 5.56 Å². The van der Waals surface area contributed by atoms with E-state index in [4.69, 9.17) is 9.47 Å². The molecule has 6 nitrogen and oxygen atoms in total. The van der Waals surface area contributed by atoms with E-state index in [0.717, 1.165) is 43.9 Å². The molecule has 0 atom stereocenters. The summed E-state index contributed by atoms with van der Waals surface area (Å²) in [5, 5.41) is 12.3. The van der Waals surface area contributed by atoms with Crippen LogP contribution in [-0.2, 0) is 11.3 Å². The van der Waals surface area contributed by atoms with Gasteiger partial charge >= 0.3 is 0 Å². The van der Waals surface area contributed by atoms with Crippen molar-refractivity contribution in [3.63, 3.8) is 0 Å². The highest BCUT2D eigenvalue weighted by Crippen LogP contribution is 2.38. The number of hydrogen-bond donors (Lipinski definition) is 0. The summed E-state index contributed by atoms with van der Waals surface area (Å²) >= 11 is 1.64. The minimum Gasteiger partial charge on any atom is -0.490 e. The molecule has 2 aromatic carbocycles. The molecule has 3 aromatic heterocycles. The van der Waals surface area contributed by atoms with Crippen LogP contribution in [0.3, 0.4) is 0 Å². The van der Waals surface area contributed by atoms with Crippen molar-refractivity contribution in [2.24, 2.45) is 0 Å². The number of thiophene rings is 1. The Labute approximate surface area is 201 Å². The zero-order valence-electron chi connectivity index (χ0n) is 18.7. The van der Waals surface area contributed by atoms with Gasteiger partial charge < -0.3 is 14.0 Å². The van der Waals surface area contributed by atoms with Crippen molar-refractivity contribution in [3.8, 4) is 28.3 Å². The second-order valence-electron chi connectivity index (χ2n) is 7.76. The molecule has 0 spiro atoms. The maximum atomic E-state index is 12.0. The monoisotopic (exact) mass is 469 g/mol. The number of pyridine rings is 1. The first-order chi connectivity index (χ1) is 16.7. The van der Waals surface area contributed by atoms with Crippen molar-refractivity contribution in [2.75, 3.05) is 20.3 Å². The van der Waals surface area contributed by atoms with E-state index < -0.39 is 0 Å². The first-order valence-corrected chi connectivity index (χ1v) is 11.8. The van der Waals surface area contributed by atoms with Crippen LogP contribution in [-0.4, -0.2) is 35.1 Å². The Morgan fingerprint density at radius 1 is 0.882 bits per heavy atom. The smallest absolute Gasteiger partial charge is 0.250 e. The van der Waals surface area contributed by atoms with E-state index in [9.17, 15) is 4.79 Å². The number of aromatic nitrogens is 3. The van der Waals surface area contributed by atoms with Crippen LogP contribution in [0.2, 0.25) is 0 Å². The lowest BCUT2D eigenvalue weighted by molar-refractivity contribution is 0.146. The van der Waals surface area contributed by atoms with Gasteiger partial charge in [-0.15, -0.1) is 21.5 Å². The van der Waals surface area contributed by atoms with E-state index in [-0.39, 0.29) is 5.56 Å². The number of para-hydroxylation sites is 1. The molecule has 0 bridgehead atoms. The molecular formula is C27H23N3O3S. The quantitative estimate of drug-likeness (QED) is 0.290. The molecule has 0 N–H and O–H groups in total. The molecule has 0 aliphatic heterocycles. The van der Waals surface area contributed by atoms with Gasteiger partial charge in [0.25, 0.3) is 5.56 Å². The van der Waals surface area contributed by atoms with E-state index in [1.807, 2.05) is 54.6 Å². The second-order valence-corrected chi connectivity index (χ2v) is 8.68. The Bertz CT molecular complexity index is 1470. The summed E-state index contributed by atoms with van der Waals surface area (Å²) in [5.41, 5.74) is 4.57. The highest BCUT2D eigenvalue weighted by atomic mass is 32.1. The SMILES string of the molecule is COCCOc1ccccc1-c1nnc(-c2ccc(Cn3ccccc3=O)cc2)c2ccsc12. The molecule has 5 aromatic rings. The topological polar surface area (TPSA) is 66.2 Å². The number of hydrogen-bond acceptors (Lipinski definition) is 6. The van der Waals surface area contributed by atoms with E-state index in [2.05, 4.69) is 21.6 Å². The standard InChI is InChI=1S/C27H23N3O3S/c1-32-15-16-33-23-7-3-2-6-21(23)26-27-22(13-17-34-27)25(28-29-26)20-11-9-19(10-12-20)18-30-14-5-4-8-24(30)31/h2-14,17H,15-16,18H2,1H3. The molecule has 0 aliphatic rings. The molecule has 170 valence electrons. The summed E-state index contributed by atoms with van der Waals surface area (Å²) < 4.78 is 13.8. The van der Waals surface area contributed by atoms with E-state index in [0.29, 0.717) is 19.8 Å². The molecule has 3 heterocycles. The minimum atomic E-state index is -0.0144. The molecule has 0 unspecified atom stereocenters. The summed E-state index contributed by atoms with van der Waals surface area (Å²) in [4.78, 5) is 12.0. The predicted molar refractivity (Wildman–Crippen MR) is 135 cm³/mol. The van der Waals surface area contributed by atoms with Crippen LogP contribution in [0.4, 0.5) is 0 Å². The van der Waals surface area contributed by atoms with Crippen molar-refractivity contribution in [1.82, 2.24) is 14.8 Å². The van der Waals surface area contributed by atoms with Gasteiger partial charge in [-0.2, -0.15) is 0 Å². The molecule has 5 rings (SSSR count). The molecule has 0 radical (unpaired) electrons. The number of nitrogens with zero attached hydrogens (tertiary/aromatic N) is 3. The fourth-order valence-electron chi connectivity index (χ4n) is 3.85. The Balaban J connectivity index is 1.47. The van der Waals surface area contributed by atoms with Gasteiger partial charge in [0.1, 0.15) is 23.7 Å². The average Bonchev–Trinajstić information content (AvgIpc) is 3.36. The van der Waals surface area contributed by atoms with Crippen LogP contribution in [0, 0.1) is 0 Å². The van der Waals surface area contributed by atoms with Gasteiger partial charge in [-0.3, -0.25) is 4.79 Å². The van der Waals surface area contributed by atoms with Crippen molar-refractivity contribution in [3.05, 3.63) is 100 Å². The lowest BCUT2D eigenvalue weighted by Gasteiger charge is -2.12. The summed E-state index contributed by atoms with van der Waals surface area (Å²) in [6.07, 6.45) is 1.80. The molecule has 0 aliphatic carbocycles. The van der Waals surface area contributed by atoms with Gasteiger partial charge in [-0.25, -0.2) is 0 Å². The number of methoxy groups -OCH3 is 1. The van der Waals surface area contributed by atoms with Gasteiger partial charge in [0, 0.05) is 35.9 Å². The normalized spacial score (nSPS) is 11.1.